The predicted octanol–water partition coefficient (Wildman–Crippen LogP) is 3.69. The molecular weight excluding hydrogens is 323 g/mol. The largest absolute Gasteiger partial charge is 0.318 e. The summed E-state index contributed by atoms with van der Waals surface area (Å²) in [4.78, 5) is 14.0. The van der Waals surface area contributed by atoms with E-state index in [0.29, 0.717) is 5.11 Å². The van der Waals surface area contributed by atoms with Crippen LogP contribution < -0.4 is 10.2 Å². The molecule has 2 aromatic carbocycles. The van der Waals surface area contributed by atoms with Crippen molar-refractivity contribution in [2.45, 2.75) is 12.8 Å². The van der Waals surface area contributed by atoms with Crippen molar-refractivity contribution in [3.63, 3.8) is 0 Å². The lowest BCUT2D eigenvalue weighted by Gasteiger charge is -2.31. The molecule has 3 rings (SSSR count). The van der Waals surface area contributed by atoms with E-state index in [1.165, 1.54) is 23.8 Å². The number of nitrogens with zero attached hydrogens (tertiary/aromatic N) is 1. The fourth-order valence-electron chi connectivity index (χ4n) is 2.70. The van der Waals surface area contributed by atoms with Gasteiger partial charge >= 0.3 is 0 Å². The molecule has 0 saturated heterocycles. The first-order valence-corrected chi connectivity index (χ1v) is 8.18. The normalized spacial score (nSPS) is 13.6. The maximum absolute atomic E-state index is 12.9. The highest BCUT2D eigenvalue weighted by atomic mass is 32.1. The smallest absolute Gasteiger partial charge is 0.250 e. The number of para-hydroxylation sites is 1. The number of carbonyl (C=O) groups is 1. The number of hydrogen-bond acceptors (Lipinski definition) is 2. The van der Waals surface area contributed by atoms with E-state index in [4.69, 9.17) is 12.2 Å². The minimum Gasteiger partial charge on any atom is -0.318 e. The lowest BCUT2D eigenvalue weighted by Crippen LogP contribution is -2.44. The zero-order chi connectivity index (χ0) is 16.9. The van der Waals surface area contributed by atoms with Crippen LogP contribution in [0.5, 0.6) is 0 Å². The van der Waals surface area contributed by atoms with Crippen molar-refractivity contribution in [1.29, 1.82) is 0 Å². The van der Waals surface area contributed by atoms with Crippen LogP contribution in [0.15, 0.2) is 54.6 Å². The number of aryl methyl sites for hydroxylation is 1. The highest BCUT2D eigenvalue weighted by molar-refractivity contribution is 7.80. The van der Waals surface area contributed by atoms with Crippen molar-refractivity contribution in [2.75, 3.05) is 11.4 Å². The van der Waals surface area contributed by atoms with Crippen LogP contribution in [-0.4, -0.2) is 17.6 Å². The van der Waals surface area contributed by atoms with E-state index in [2.05, 4.69) is 11.4 Å². The van der Waals surface area contributed by atoms with E-state index >= 15 is 0 Å². The Morgan fingerprint density at radius 3 is 2.71 bits per heavy atom. The van der Waals surface area contributed by atoms with Gasteiger partial charge in [-0.25, -0.2) is 4.39 Å². The first kappa shape index (κ1) is 16.3. The summed E-state index contributed by atoms with van der Waals surface area (Å²) in [6.07, 6.45) is 5.04. The Morgan fingerprint density at radius 2 is 1.92 bits per heavy atom. The fraction of sp³-hybridized carbons (Fsp3) is 0.158. The minimum absolute atomic E-state index is 0.299. The summed E-state index contributed by atoms with van der Waals surface area (Å²) in [5, 5.41) is 3.13. The molecule has 24 heavy (non-hydrogen) atoms. The molecular formula is C19H17FN2OS. The fourth-order valence-corrected chi connectivity index (χ4v) is 3.00. The summed E-state index contributed by atoms with van der Waals surface area (Å²) in [7, 11) is 0. The molecule has 0 unspecified atom stereocenters. The molecule has 0 radical (unpaired) electrons. The number of rotatable bonds is 2. The molecule has 1 aliphatic rings. The number of benzene rings is 2. The highest BCUT2D eigenvalue weighted by Crippen LogP contribution is 2.26. The number of nitrogens with one attached hydrogen (secondary N) is 1. The Bertz CT molecular complexity index is 786. The molecule has 2 aromatic rings. The molecule has 0 spiro atoms. The second-order valence-electron chi connectivity index (χ2n) is 5.56. The van der Waals surface area contributed by atoms with Gasteiger partial charge in [0.25, 0.3) is 0 Å². The summed E-state index contributed by atoms with van der Waals surface area (Å²) in [6.45, 7) is 0.789. The number of carbonyl (C=O) groups excluding carboxylic acids is 1. The Morgan fingerprint density at radius 1 is 1.17 bits per heavy atom. The van der Waals surface area contributed by atoms with E-state index in [0.717, 1.165) is 30.6 Å². The third-order valence-corrected chi connectivity index (χ3v) is 4.21. The molecule has 1 amide bonds. The average molecular weight is 340 g/mol. The molecule has 0 aliphatic carbocycles. The molecule has 0 bridgehead atoms. The lowest BCUT2D eigenvalue weighted by atomic mass is 10.0. The van der Waals surface area contributed by atoms with Crippen molar-refractivity contribution in [1.82, 2.24) is 5.32 Å². The van der Waals surface area contributed by atoms with Gasteiger partial charge in [0.1, 0.15) is 5.82 Å². The summed E-state index contributed by atoms with van der Waals surface area (Å²) in [5.41, 5.74) is 3.04. The molecule has 0 aromatic heterocycles. The number of amides is 1. The number of halogens is 1. The van der Waals surface area contributed by atoms with Gasteiger partial charge in [0.15, 0.2) is 5.11 Å². The zero-order valence-corrected chi connectivity index (χ0v) is 13.9. The number of fused-ring (bicyclic) bond motifs is 1. The van der Waals surface area contributed by atoms with Gasteiger partial charge in [-0.15, -0.1) is 0 Å². The number of anilines is 1. The standard InChI is InChI=1S/C19H17FN2OS/c20-16-10-7-14(8-11-16)9-12-18(23)21-19(24)22-13-3-5-15-4-1-2-6-17(15)22/h1-2,4,6-12H,3,5,13H2,(H,21,23,24)/b12-9+. The lowest BCUT2D eigenvalue weighted by molar-refractivity contribution is -0.115. The summed E-state index contributed by atoms with van der Waals surface area (Å²) >= 11 is 5.38. The predicted molar refractivity (Wildman–Crippen MR) is 98.3 cm³/mol. The van der Waals surface area contributed by atoms with Crippen LogP contribution in [0.25, 0.3) is 6.08 Å². The van der Waals surface area contributed by atoms with Crippen molar-refractivity contribution < 1.29 is 9.18 Å². The van der Waals surface area contributed by atoms with Crippen LogP contribution in [0.3, 0.4) is 0 Å². The van der Waals surface area contributed by atoms with E-state index < -0.39 is 0 Å². The first-order chi connectivity index (χ1) is 11.6. The molecule has 122 valence electrons. The van der Waals surface area contributed by atoms with Gasteiger partial charge in [0, 0.05) is 18.3 Å². The Balaban J connectivity index is 1.65. The molecule has 1 aliphatic heterocycles. The van der Waals surface area contributed by atoms with E-state index in [9.17, 15) is 9.18 Å². The molecule has 1 N–H and O–H groups in total. The average Bonchev–Trinajstić information content (AvgIpc) is 2.60. The quantitative estimate of drug-likeness (QED) is 0.668. The van der Waals surface area contributed by atoms with E-state index in [1.54, 1.807) is 18.2 Å². The van der Waals surface area contributed by atoms with Crippen LogP contribution in [-0.2, 0) is 11.2 Å². The van der Waals surface area contributed by atoms with E-state index in [-0.39, 0.29) is 11.7 Å². The van der Waals surface area contributed by atoms with Gasteiger partial charge in [0.2, 0.25) is 5.91 Å². The Hall–Kier alpha value is -2.53. The molecule has 0 fully saturated rings. The topological polar surface area (TPSA) is 32.3 Å². The van der Waals surface area contributed by atoms with Crippen LogP contribution in [0.4, 0.5) is 10.1 Å². The van der Waals surface area contributed by atoms with Gasteiger partial charge in [-0.1, -0.05) is 30.3 Å². The molecule has 3 nitrogen and oxygen atoms in total. The number of thiocarbonyl (C=S) groups is 1. The second-order valence-corrected chi connectivity index (χ2v) is 5.95. The van der Waals surface area contributed by atoms with Crippen LogP contribution in [0.1, 0.15) is 17.5 Å². The summed E-state index contributed by atoms with van der Waals surface area (Å²) in [5.74, 6) is -0.603. The molecule has 0 atom stereocenters. The summed E-state index contributed by atoms with van der Waals surface area (Å²) < 4.78 is 12.9. The van der Waals surface area contributed by atoms with Crippen molar-refractivity contribution >= 4 is 35.0 Å². The van der Waals surface area contributed by atoms with Crippen LogP contribution in [0.2, 0.25) is 0 Å². The highest BCUT2D eigenvalue weighted by Gasteiger charge is 2.20. The van der Waals surface area contributed by atoms with Crippen LogP contribution in [0, 0.1) is 5.82 Å². The minimum atomic E-state index is -0.304. The van der Waals surface area contributed by atoms with Crippen molar-refractivity contribution in [3.05, 3.63) is 71.6 Å². The van der Waals surface area contributed by atoms with Crippen molar-refractivity contribution in [3.8, 4) is 0 Å². The van der Waals surface area contributed by atoms with Crippen molar-refractivity contribution in [2.24, 2.45) is 0 Å². The maximum Gasteiger partial charge on any atom is 0.250 e. The number of hydrogen-bond donors (Lipinski definition) is 1. The second kappa shape index (κ2) is 7.36. The third-order valence-electron chi connectivity index (χ3n) is 3.88. The first-order valence-electron chi connectivity index (χ1n) is 7.77. The van der Waals surface area contributed by atoms with Gasteiger partial charge < -0.3 is 4.90 Å². The summed E-state index contributed by atoms with van der Waals surface area (Å²) in [6, 6.07) is 14.0. The SMILES string of the molecule is O=C(/C=C/c1ccc(F)cc1)NC(=S)N1CCCc2ccccc21. The molecule has 1 heterocycles. The molecule has 0 saturated carbocycles. The monoisotopic (exact) mass is 340 g/mol. The van der Waals surface area contributed by atoms with Gasteiger partial charge in [-0.2, -0.15) is 0 Å². The van der Waals surface area contributed by atoms with E-state index in [1.807, 2.05) is 23.1 Å². The Labute approximate surface area is 145 Å². The zero-order valence-electron chi connectivity index (χ0n) is 13.0. The van der Waals surface area contributed by atoms with Gasteiger partial charge in [-0.3, -0.25) is 10.1 Å². The van der Waals surface area contributed by atoms with Crippen LogP contribution >= 0.6 is 12.2 Å². The third kappa shape index (κ3) is 3.86. The Kier molecular flexibility index (Phi) is 5.01. The maximum atomic E-state index is 12.9. The van der Waals surface area contributed by atoms with Gasteiger partial charge in [-0.05, 0) is 60.5 Å². The molecule has 5 heteroatoms. The van der Waals surface area contributed by atoms with Gasteiger partial charge in [0.05, 0.1) is 0 Å².